The van der Waals surface area contributed by atoms with Gasteiger partial charge in [-0.05, 0) is 12.1 Å². The van der Waals surface area contributed by atoms with Crippen molar-refractivity contribution in [2.24, 2.45) is 0 Å². The topological polar surface area (TPSA) is 42.2 Å². The van der Waals surface area contributed by atoms with Crippen molar-refractivity contribution in [1.29, 1.82) is 5.26 Å². The Morgan fingerprint density at radius 3 is 2.73 bits per heavy atom. The Morgan fingerprint density at radius 1 is 1.27 bits per heavy atom. The highest BCUT2D eigenvalue weighted by Crippen LogP contribution is 2.21. The van der Waals surface area contributed by atoms with E-state index < -0.39 is 0 Å². The van der Waals surface area contributed by atoms with Crippen LogP contribution in [0.2, 0.25) is 0 Å². The first-order valence-electron chi connectivity index (χ1n) is 5.13. The second kappa shape index (κ2) is 4.81. The molecule has 2 rings (SSSR count). The van der Waals surface area contributed by atoms with E-state index in [4.69, 9.17) is 14.7 Å². The summed E-state index contributed by atoms with van der Waals surface area (Å²) in [5, 5.41) is 8.89. The second-order valence-corrected chi connectivity index (χ2v) is 3.54. The molecule has 1 heterocycles. The fourth-order valence-corrected chi connectivity index (χ4v) is 1.64. The Labute approximate surface area is 89.2 Å². The zero-order valence-corrected chi connectivity index (χ0v) is 8.48. The van der Waals surface area contributed by atoms with Crippen LogP contribution in [0.15, 0.2) is 24.3 Å². The van der Waals surface area contributed by atoms with Crippen molar-refractivity contribution in [2.75, 3.05) is 13.2 Å². The average molecular weight is 203 g/mol. The van der Waals surface area contributed by atoms with E-state index in [0.29, 0.717) is 11.3 Å². The molecule has 0 saturated carbocycles. The fraction of sp³-hybridized carbons (Fsp3) is 0.417. The number of rotatable bonds is 2. The highest BCUT2D eigenvalue weighted by atomic mass is 16.5. The summed E-state index contributed by atoms with van der Waals surface area (Å²) < 4.78 is 11.0. The number of benzene rings is 1. The lowest BCUT2D eigenvalue weighted by atomic mass is 10.1. The molecule has 3 heteroatoms. The smallest absolute Gasteiger partial charge is 0.137 e. The van der Waals surface area contributed by atoms with Crippen molar-refractivity contribution in [3.05, 3.63) is 29.8 Å². The summed E-state index contributed by atoms with van der Waals surface area (Å²) in [6.07, 6.45) is 1.99. The molecule has 1 aliphatic rings. The van der Waals surface area contributed by atoms with Crippen LogP contribution in [0, 0.1) is 11.3 Å². The normalized spacial score (nSPS) is 17.0. The van der Waals surface area contributed by atoms with E-state index in [0.717, 1.165) is 26.1 Å². The molecular formula is C12H13NO2. The van der Waals surface area contributed by atoms with Crippen LogP contribution in [0.3, 0.4) is 0 Å². The van der Waals surface area contributed by atoms with Crippen molar-refractivity contribution in [2.45, 2.75) is 18.9 Å². The number of nitrogens with zero attached hydrogens (tertiary/aromatic N) is 1. The average Bonchev–Trinajstić information content (AvgIpc) is 2.31. The Morgan fingerprint density at radius 2 is 2.00 bits per heavy atom. The summed E-state index contributed by atoms with van der Waals surface area (Å²) in [5.41, 5.74) is 0.601. The number of ether oxygens (including phenoxy) is 2. The lowest BCUT2D eigenvalue weighted by molar-refractivity contribution is 0.0254. The van der Waals surface area contributed by atoms with E-state index in [2.05, 4.69) is 6.07 Å². The fourth-order valence-electron chi connectivity index (χ4n) is 1.64. The molecule has 0 unspecified atom stereocenters. The van der Waals surface area contributed by atoms with Gasteiger partial charge in [-0.15, -0.1) is 0 Å². The van der Waals surface area contributed by atoms with Crippen LogP contribution >= 0.6 is 0 Å². The summed E-state index contributed by atoms with van der Waals surface area (Å²) in [5.74, 6) is 0.687. The van der Waals surface area contributed by atoms with Gasteiger partial charge in [-0.25, -0.2) is 0 Å². The van der Waals surface area contributed by atoms with Crippen LogP contribution in [0.25, 0.3) is 0 Å². The molecule has 0 N–H and O–H groups in total. The molecule has 3 nitrogen and oxygen atoms in total. The molecule has 0 atom stereocenters. The first-order valence-corrected chi connectivity index (χ1v) is 5.13. The van der Waals surface area contributed by atoms with Gasteiger partial charge in [-0.1, -0.05) is 12.1 Å². The van der Waals surface area contributed by atoms with Crippen molar-refractivity contribution in [3.8, 4) is 11.8 Å². The van der Waals surface area contributed by atoms with Crippen LogP contribution in [0.1, 0.15) is 18.4 Å². The summed E-state index contributed by atoms with van der Waals surface area (Å²) in [7, 11) is 0. The summed E-state index contributed by atoms with van der Waals surface area (Å²) in [4.78, 5) is 0. The van der Waals surface area contributed by atoms with Crippen LogP contribution < -0.4 is 4.74 Å². The Balaban J connectivity index is 2.06. The molecule has 0 aromatic heterocycles. The van der Waals surface area contributed by atoms with Crippen LogP contribution in [-0.4, -0.2) is 19.3 Å². The molecule has 0 amide bonds. The summed E-state index contributed by atoms with van der Waals surface area (Å²) >= 11 is 0. The molecule has 15 heavy (non-hydrogen) atoms. The van der Waals surface area contributed by atoms with Crippen molar-refractivity contribution in [1.82, 2.24) is 0 Å². The quantitative estimate of drug-likeness (QED) is 0.739. The van der Waals surface area contributed by atoms with Gasteiger partial charge in [0.2, 0.25) is 0 Å². The highest BCUT2D eigenvalue weighted by molar-refractivity contribution is 5.42. The van der Waals surface area contributed by atoms with Crippen molar-refractivity contribution < 1.29 is 9.47 Å². The van der Waals surface area contributed by atoms with Gasteiger partial charge >= 0.3 is 0 Å². The van der Waals surface area contributed by atoms with Gasteiger partial charge in [-0.2, -0.15) is 5.26 Å². The maximum atomic E-state index is 8.89. The zero-order valence-electron chi connectivity index (χ0n) is 8.48. The number of hydrogen-bond acceptors (Lipinski definition) is 3. The van der Waals surface area contributed by atoms with E-state index >= 15 is 0 Å². The van der Waals surface area contributed by atoms with Crippen LogP contribution in [-0.2, 0) is 4.74 Å². The van der Waals surface area contributed by atoms with Gasteiger partial charge < -0.3 is 9.47 Å². The van der Waals surface area contributed by atoms with Gasteiger partial charge in [0.25, 0.3) is 0 Å². The first kappa shape index (κ1) is 10.0. The van der Waals surface area contributed by atoms with E-state index in [1.807, 2.05) is 18.2 Å². The minimum Gasteiger partial charge on any atom is -0.489 e. The van der Waals surface area contributed by atoms with E-state index in [-0.39, 0.29) is 6.10 Å². The molecule has 1 fully saturated rings. The lowest BCUT2D eigenvalue weighted by Gasteiger charge is -2.23. The van der Waals surface area contributed by atoms with Crippen molar-refractivity contribution in [3.63, 3.8) is 0 Å². The molecule has 0 spiro atoms. The number of para-hydroxylation sites is 1. The maximum absolute atomic E-state index is 8.89. The summed E-state index contributed by atoms with van der Waals surface area (Å²) in [6, 6.07) is 9.47. The zero-order chi connectivity index (χ0) is 10.5. The molecule has 1 aromatic rings. The molecule has 0 bridgehead atoms. The standard InChI is InChI=1S/C12H13NO2/c13-9-10-3-1-2-4-12(10)15-11-5-7-14-8-6-11/h1-4,11H,5-8H2. The first-order chi connectivity index (χ1) is 7.40. The third-order valence-corrected chi connectivity index (χ3v) is 2.47. The SMILES string of the molecule is N#Cc1ccccc1OC1CCOCC1. The Hall–Kier alpha value is -1.53. The third kappa shape index (κ3) is 2.48. The molecular weight excluding hydrogens is 190 g/mol. The third-order valence-electron chi connectivity index (χ3n) is 2.47. The maximum Gasteiger partial charge on any atom is 0.137 e. The predicted octanol–water partition coefficient (Wildman–Crippen LogP) is 2.12. The van der Waals surface area contributed by atoms with Crippen molar-refractivity contribution >= 4 is 0 Å². The monoisotopic (exact) mass is 203 g/mol. The molecule has 1 aliphatic heterocycles. The second-order valence-electron chi connectivity index (χ2n) is 3.54. The minimum atomic E-state index is 0.188. The molecule has 1 saturated heterocycles. The van der Waals surface area contributed by atoms with E-state index in [1.165, 1.54) is 0 Å². The Kier molecular flexibility index (Phi) is 3.21. The van der Waals surface area contributed by atoms with E-state index in [1.54, 1.807) is 6.07 Å². The van der Waals surface area contributed by atoms with Gasteiger partial charge in [0.1, 0.15) is 17.9 Å². The molecule has 78 valence electrons. The van der Waals surface area contributed by atoms with E-state index in [9.17, 15) is 0 Å². The van der Waals surface area contributed by atoms with Crippen LogP contribution in [0.5, 0.6) is 5.75 Å². The van der Waals surface area contributed by atoms with Gasteiger partial charge in [0.05, 0.1) is 18.8 Å². The van der Waals surface area contributed by atoms with Gasteiger partial charge in [-0.3, -0.25) is 0 Å². The number of nitriles is 1. The largest absolute Gasteiger partial charge is 0.489 e. The highest BCUT2D eigenvalue weighted by Gasteiger charge is 2.16. The molecule has 0 aliphatic carbocycles. The van der Waals surface area contributed by atoms with Crippen LogP contribution in [0.4, 0.5) is 0 Å². The Bertz CT molecular complexity index is 364. The minimum absolute atomic E-state index is 0.188. The summed E-state index contributed by atoms with van der Waals surface area (Å²) in [6.45, 7) is 1.50. The number of hydrogen-bond donors (Lipinski definition) is 0. The van der Waals surface area contributed by atoms with Gasteiger partial charge in [0, 0.05) is 12.8 Å². The predicted molar refractivity (Wildman–Crippen MR) is 55.6 cm³/mol. The molecule has 1 aromatic carbocycles. The lowest BCUT2D eigenvalue weighted by Crippen LogP contribution is -2.26. The molecule has 0 radical (unpaired) electrons. The van der Waals surface area contributed by atoms with Gasteiger partial charge in [0.15, 0.2) is 0 Å².